The molecule has 0 aliphatic carbocycles. The number of ether oxygens (including phenoxy) is 1. The SMILES string of the molecule is CCNC(=NCc1ccn(C)c1)NCc1ccc(CN(C)C(=O)OC(C)(C)C)cc1. The van der Waals surface area contributed by atoms with Crippen LogP contribution < -0.4 is 10.6 Å². The maximum absolute atomic E-state index is 12.1. The second-order valence-electron chi connectivity index (χ2n) is 8.39. The number of aryl methyl sites for hydroxylation is 1. The summed E-state index contributed by atoms with van der Waals surface area (Å²) in [6.07, 6.45) is 3.77. The fourth-order valence-corrected chi connectivity index (χ4v) is 2.79. The zero-order chi connectivity index (χ0) is 22.1. The van der Waals surface area contributed by atoms with Gasteiger partial charge in [0.25, 0.3) is 0 Å². The average Bonchev–Trinajstić information content (AvgIpc) is 3.09. The van der Waals surface area contributed by atoms with Gasteiger partial charge in [-0.2, -0.15) is 0 Å². The summed E-state index contributed by atoms with van der Waals surface area (Å²) < 4.78 is 7.42. The first-order valence-corrected chi connectivity index (χ1v) is 10.3. The number of nitrogens with zero attached hydrogens (tertiary/aromatic N) is 3. The highest BCUT2D eigenvalue weighted by atomic mass is 16.6. The van der Waals surface area contributed by atoms with E-state index < -0.39 is 5.60 Å². The summed E-state index contributed by atoms with van der Waals surface area (Å²) in [4.78, 5) is 18.3. The van der Waals surface area contributed by atoms with Crippen LogP contribution in [0.15, 0.2) is 47.7 Å². The number of aromatic nitrogens is 1. The van der Waals surface area contributed by atoms with Crippen molar-refractivity contribution >= 4 is 12.1 Å². The smallest absolute Gasteiger partial charge is 0.410 e. The molecular weight excluding hydrogens is 378 g/mol. The van der Waals surface area contributed by atoms with E-state index in [1.807, 2.05) is 50.7 Å². The number of hydrogen-bond acceptors (Lipinski definition) is 3. The molecule has 30 heavy (non-hydrogen) atoms. The third kappa shape index (κ3) is 8.19. The van der Waals surface area contributed by atoms with Crippen LogP contribution in [0.1, 0.15) is 44.4 Å². The van der Waals surface area contributed by atoms with Gasteiger partial charge in [0, 0.05) is 46.1 Å². The fourth-order valence-electron chi connectivity index (χ4n) is 2.79. The minimum atomic E-state index is -0.493. The molecule has 1 aromatic heterocycles. The first-order valence-electron chi connectivity index (χ1n) is 10.3. The highest BCUT2D eigenvalue weighted by molar-refractivity contribution is 5.79. The highest BCUT2D eigenvalue weighted by Gasteiger charge is 2.19. The zero-order valence-electron chi connectivity index (χ0n) is 19.0. The van der Waals surface area contributed by atoms with E-state index in [0.29, 0.717) is 19.6 Å². The van der Waals surface area contributed by atoms with Crippen molar-refractivity contribution in [3.05, 3.63) is 59.4 Å². The first-order chi connectivity index (χ1) is 14.2. The zero-order valence-corrected chi connectivity index (χ0v) is 19.0. The number of benzene rings is 1. The van der Waals surface area contributed by atoms with E-state index in [1.165, 1.54) is 5.56 Å². The van der Waals surface area contributed by atoms with Gasteiger partial charge in [0.15, 0.2) is 5.96 Å². The van der Waals surface area contributed by atoms with Crippen molar-refractivity contribution in [2.24, 2.45) is 12.0 Å². The van der Waals surface area contributed by atoms with Crippen LogP contribution in [0.5, 0.6) is 0 Å². The molecule has 7 nitrogen and oxygen atoms in total. The number of carbonyl (C=O) groups excluding carboxylic acids is 1. The molecule has 0 fully saturated rings. The molecule has 1 amide bonds. The monoisotopic (exact) mass is 413 g/mol. The van der Waals surface area contributed by atoms with E-state index in [9.17, 15) is 4.79 Å². The lowest BCUT2D eigenvalue weighted by molar-refractivity contribution is 0.0285. The number of rotatable bonds is 7. The molecule has 2 aromatic rings. The quantitative estimate of drug-likeness (QED) is 0.537. The van der Waals surface area contributed by atoms with Crippen molar-refractivity contribution in [2.45, 2.75) is 52.9 Å². The average molecular weight is 414 g/mol. The Morgan fingerprint density at radius 2 is 1.77 bits per heavy atom. The van der Waals surface area contributed by atoms with Gasteiger partial charge < -0.3 is 24.8 Å². The Balaban J connectivity index is 1.88. The van der Waals surface area contributed by atoms with E-state index in [0.717, 1.165) is 23.6 Å². The number of carbonyl (C=O) groups is 1. The van der Waals surface area contributed by atoms with Crippen LogP contribution in [0.3, 0.4) is 0 Å². The summed E-state index contributed by atoms with van der Waals surface area (Å²) in [6, 6.07) is 10.3. The maximum atomic E-state index is 12.1. The molecule has 2 N–H and O–H groups in total. The van der Waals surface area contributed by atoms with E-state index in [-0.39, 0.29) is 6.09 Å². The molecule has 164 valence electrons. The second kappa shape index (κ2) is 10.7. The summed E-state index contributed by atoms with van der Waals surface area (Å²) >= 11 is 0. The van der Waals surface area contributed by atoms with Gasteiger partial charge >= 0.3 is 6.09 Å². The Bertz CT molecular complexity index is 834. The first kappa shape index (κ1) is 23.3. The number of nitrogens with one attached hydrogen (secondary N) is 2. The largest absolute Gasteiger partial charge is 0.444 e. The van der Waals surface area contributed by atoms with Crippen LogP contribution >= 0.6 is 0 Å². The van der Waals surface area contributed by atoms with Gasteiger partial charge in [-0.25, -0.2) is 9.79 Å². The van der Waals surface area contributed by atoms with Crippen molar-refractivity contribution in [3.8, 4) is 0 Å². The third-order valence-corrected chi connectivity index (χ3v) is 4.27. The lowest BCUT2D eigenvalue weighted by atomic mass is 10.1. The minimum Gasteiger partial charge on any atom is -0.444 e. The summed E-state index contributed by atoms with van der Waals surface area (Å²) in [6.45, 7) is 10.3. The molecule has 0 saturated heterocycles. The second-order valence-corrected chi connectivity index (χ2v) is 8.39. The number of aliphatic imine (C=N–C) groups is 1. The van der Waals surface area contributed by atoms with Crippen molar-refractivity contribution < 1.29 is 9.53 Å². The molecule has 0 radical (unpaired) electrons. The summed E-state index contributed by atoms with van der Waals surface area (Å²) in [5.41, 5.74) is 2.88. The van der Waals surface area contributed by atoms with Crippen LogP contribution in [0.4, 0.5) is 4.79 Å². The molecule has 0 saturated carbocycles. The van der Waals surface area contributed by atoms with Crippen LogP contribution in [0, 0.1) is 0 Å². The Labute approximate surface area is 180 Å². The maximum Gasteiger partial charge on any atom is 0.410 e. The van der Waals surface area contributed by atoms with Crippen molar-refractivity contribution in [3.63, 3.8) is 0 Å². The lowest BCUT2D eigenvalue weighted by Crippen LogP contribution is -2.36. The lowest BCUT2D eigenvalue weighted by Gasteiger charge is -2.24. The Morgan fingerprint density at radius 3 is 2.33 bits per heavy atom. The molecule has 0 atom stereocenters. The molecule has 0 spiro atoms. The molecule has 2 rings (SSSR count). The Hall–Kier alpha value is -2.96. The number of amides is 1. The van der Waals surface area contributed by atoms with Gasteiger partial charge in [0.2, 0.25) is 0 Å². The van der Waals surface area contributed by atoms with Gasteiger partial charge in [-0.05, 0) is 50.5 Å². The van der Waals surface area contributed by atoms with E-state index in [2.05, 4.69) is 46.9 Å². The van der Waals surface area contributed by atoms with Crippen LogP contribution in [0.25, 0.3) is 0 Å². The van der Waals surface area contributed by atoms with Gasteiger partial charge in [-0.1, -0.05) is 24.3 Å². The number of guanidine groups is 1. The van der Waals surface area contributed by atoms with Crippen LogP contribution in [0.2, 0.25) is 0 Å². The van der Waals surface area contributed by atoms with Gasteiger partial charge in [0.1, 0.15) is 5.60 Å². The van der Waals surface area contributed by atoms with Crippen molar-refractivity contribution in [1.29, 1.82) is 0 Å². The molecule has 7 heteroatoms. The predicted molar refractivity (Wildman–Crippen MR) is 121 cm³/mol. The number of hydrogen-bond donors (Lipinski definition) is 2. The molecule has 0 bridgehead atoms. The third-order valence-electron chi connectivity index (χ3n) is 4.27. The minimum absolute atomic E-state index is 0.321. The normalized spacial score (nSPS) is 11.9. The molecule has 1 aromatic carbocycles. The van der Waals surface area contributed by atoms with Crippen LogP contribution in [-0.4, -0.2) is 40.7 Å². The van der Waals surface area contributed by atoms with E-state index in [4.69, 9.17) is 4.74 Å². The Morgan fingerprint density at radius 1 is 1.10 bits per heavy atom. The molecular formula is C23H35N5O2. The van der Waals surface area contributed by atoms with Gasteiger partial charge in [-0.3, -0.25) is 0 Å². The molecule has 0 aliphatic rings. The summed E-state index contributed by atoms with van der Waals surface area (Å²) in [5, 5.41) is 6.64. The predicted octanol–water partition coefficient (Wildman–Crippen LogP) is 3.65. The van der Waals surface area contributed by atoms with Crippen LogP contribution in [-0.2, 0) is 31.4 Å². The Kier molecular flexibility index (Phi) is 8.33. The van der Waals surface area contributed by atoms with E-state index in [1.54, 1.807) is 11.9 Å². The fraction of sp³-hybridized carbons (Fsp3) is 0.478. The van der Waals surface area contributed by atoms with E-state index >= 15 is 0 Å². The highest BCUT2D eigenvalue weighted by Crippen LogP contribution is 2.12. The molecule has 1 heterocycles. The molecule has 0 unspecified atom stereocenters. The topological polar surface area (TPSA) is 70.9 Å². The molecule has 0 aliphatic heterocycles. The van der Waals surface area contributed by atoms with Crippen molar-refractivity contribution in [2.75, 3.05) is 13.6 Å². The van der Waals surface area contributed by atoms with Crippen molar-refractivity contribution in [1.82, 2.24) is 20.1 Å². The summed E-state index contributed by atoms with van der Waals surface area (Å²) in [5.74, 6) is 0.787. The van der Waals surface area contributed by atoms with Gasteiger partial charge in [-0.15, -0.1) is 0 Å². The standard InChI is InChI=1S/C23H35N5O2/c1-7-24-21(26-15-20-12-13-27(5)16-20)25-14-18-8-10-19(11-9-18)17-28(6)22(29)30-23(2,3)4/h8-13,16H,7,14-15,17H2,1-6H3,(H2,24,25,26). The summed E-state index contributed by atoms with van der Waals surface area (Å²) in [7, 11) is 3.75. The van der Waals surface area contributed by atoms with Gasteiger partial charge in [0.05, 0.1) is 6.54 Å².